The fourth-order valence-electron chi connectivity index (χ4n) is 1.58. The van der Waals surface area contributed by atoms with Crippen LogP contribution in [0, 0.1) is 5.92 Å². The number of aromatic nitrogens is 2. The van der Waals surface area contributed by atoms with E-state index in [1.807, 2.05) is 13.8 Å². The third kappa shape index (κ3) is 2.18. The molecule has 1 aromatic rings. The molecule has 15 heavy (non-hydrogen) atoms. The molecule has 1 saturated heterocycles. The Labute approximate surface area is 89.0 Å². The van der Waals surface area contributed by atoms with E-state index in [2.05, 4.69) is 10.1 Å². The summed E-state index contributed by atoms with van der Waals surface area (Å²) in [7, 11) is 0. The summed E-state index contributed by atoms with van der Waals surface area (Å²) in [6, 6.07) is -0.187. The molecule has 1 aliphatic heterocycles. The Balaban J connectivity index is 2.09. The largest absolute Gasteiger partial charge is 0.370 e. The first-order valence-electron chi connectivity index (χ1n) is 5.39. The lowest BCUT2D eigenvalue weighted by molar-refractivity contribution is 0.103. The summed E-state index contributed by atoms with van der Waals surface area (Å²) >= 11 is 0. The highest BCUT2D eigenvalue weighted by Gasteiger charge is 2.25. The monoisotopic (exact) mass is 211 g/mol. The Morgan fingerprint density at radius 1 is 1.47 bits per heavy atom. The zero-order valence-electron chi connectivity index (χ0n) is 9.14. The quantitative estimate of drug-likeness (QED) is 0.821. The normalized spacial score (nSPS) is 23.6. The summed E-state index contributed by atoms with van der Waals surface area (Å²) in [5.74, 6) is 1.44. The molecule has 84 valence electrons. The van der Waals surface area contributed by atoms with Gasteiger partial charge in [-0.2, -0.15) is 4.98 Å². The molecule has 5 heteroatoms. The van der Waals surface area contributed by atoms with Gasteiger partial charge in [0, 0.05) is 6.61 Å². The van der Waals surface area contributed by atoms with Crippen LogP contribution in [0.25, 0.3) is 0 Å². The number of hydrogen-bond donors (Lipinski definition) is 1. The van der Waals surface area contributed by atoms with Crippen molar-refractivity contribution in [1.29, 1.82) is 0 Å². The average molecular weight is 211 g/mol. The molecular formula is C10H17N3O2. The Hall–Kier alpha value is -0.940. The van der Waals surface area contributed by atoms with Crippen molar-refractivity contribution in [2.75, 3.05) is 6.61 Å². The molecule has 0 radical (unpaired) electrons. The summed E-state index contributed by atoms with van der Waals surface area (Å²) in [5.41, 5.74) is 5.91. The maximum absolute atomic E-state index is 5.91. The minimum atomic E-state index is -0.187. The van der Waals surface area contributed by atoms with Gasteiger partial charge in [0.25, 0.3) is 0 Å². The first-order chi connectivity index (χ1) is 7.18. The number of rotatable bonds is 3. The highest BCUT2D eigenvalue weighted by atomic mass is 16.5. The standard InChI is InChI=1S/C10H17N3O2/c1-6(2)8(11)10-12-9(13-15-10)7-4-3-5-14-7/h6-8H,3-5,11H2,1-2H3/t7?,8-/m0/s1. The number of nitrogens with zero attached hydrogens (tertiary/aromatic N) is 2. The second kappa shape index (κ2) is 4.28. The van der Waals surface area contributed by atoms with Gasteiger partial charge < -0.3 is 15.0 Å². The molecule has 2 N–H and O–H groups in total. The van der Waals surface area contributed by atoms with Gasteiger partial charge in [-0.05, 0) is 18.8 Å². The van der Waals surface area contributed by atoms with Crippen LogP contribution in [0.1, 0.15) is 50.6 Å². The van der Waals surface area contributed by atoms with Crippen LogP contribution < -0.4 is 5.73 Å². The van der Waals surface area contributed by atoms with Crippen LogP contribution in [0.15, 0.2) is 4.52 Å². The van der Waals surface area contributed by atoms with Crippen molar-refractivity contribution < 1.29 is 9.26 Å². The van der Waals surface area contributed by atoms with Crippen LogP contribution in [-0.4, -0.2) is 16.7 Å². The molecule has 1 aliphatic rings. The molecule has 1 aromatic heterocycles. The van der Waals surface area contributed by atoms with Crippen molar-refractivity contribution in [3.8, 4) is 0 Å². The van der Waals surface area contributed by atoms with Gasteiger partial charge in [-0.15, -0.1) is 0 Å². The molecule has 2 atom stereocenters. The van der Waals surface area contributed by atoms with Gasteiger partial charge in [-0.1, -0.05) is 19.0 Å². The summed E-state index contributed by atoms with van der Waals surface area (Å²) in [6.07, 6.45) is 2.03. The molecule has 2 heterocycles. The number of ether oxygens (including phenoxy) is 1. The van der Waals surface area contributed by atoms with Crippen molar-refractivity contribution >= 4 is 0 Å². The summed E-state index contributed by atoms with van der Waals surface area (Å²) in [4.78, 5) is 4.29. The molecule has 0 spiro atoms. The summed E-state index contributed by atoms with van der Waals surface area (Å²) in [5, 5.41) is 3.91. The predicted molar refractivity (Wildman–Crippen MR) is 54.0 cm³/mol. The molecule has 0 bridgehead atoms. The second-order valence-corrected chi connectivity index (χ2v) is 4.26. The van der Waals surface area contributed by atoms with E-state index in [1.165, 1.54) is 0 Å². The predicted octanol–water partition coefficient (Wildman–Crippen LogP) is 1.58. The van der Waals surface area contributed by atoms with Crippen molar-refractivity contribution in [3.63, 3.8) is 0 Å². The van der Waals surface area contributed by atoms with Crippen molar-refractivity contribution in [1.82, 2.24) is 10.1 Å². The van der Waals surface area contributed by atoms with Crippen LogP contribution in [0.2, 0.25) is 0 Å². The van der Waals surface area contributed by atoms with Crippen molar-refractivity contribution in [2.45, 2.75) is 38.8 Å². The maximum atomic E-state index is 5.91. The van der Waals surface area contributed by atoms with Gasteiger partial charge in [0.1, 0.15) is 6.10 Å². The second-order valence-electron chi connectivity index (χ2n) is 4.26. The zero-order valence-corrected chi connectivity index (χ0v) is 9.14. The first kappa shape index (κ1) is 10.6. The first-order valence-corrected chi connectivity index (χ1v) is 5.39. The summed E-state index contributed by atoms with van der Waals surface area (Å²) < 4.78 is 10.6. The molecule has 2 rings (SSSR count). The highest BCUT2D eigenvalue weighted by Crippen LogP contribution is 2.27. The van der Waals surface area contributed by atoms with E-state index in [1.54, 1.807) is 0 Å². The molecule has 0 amide bonds. The minimum Gasteiger partial charge on any atom is -0.370 e. The van der Waals surface area contributed by atoms with E-state index in [9.17, 15) is 0 Å². The average Bonchev–Trinajstić information content (AvgIpc) is 2.86. The third-order valence-electron chi connectivity index (χ3n) is 2.68. The smallest absolute Gasteiger partial charge is 0.243 e. The number of hydrogen-bond acceptors (Lipinski definition) is 5. The molecule has 0 saturated carbocycles. The molecule has 5 nitrogen and oxygen atoms in total. The van der Waals surface area contributed by atoms with E-state index < -0.39 is 0 Å². The molecule has 0 aromatic carbocycles. The Kier molecular flexibility index (Phi) is 3.02. The fourth-order valence-corrected chi connectivity index (χ4v) is 1.58. The Morgan fingerprint density at radius 3 is 2.87 bits per heavy atom. The van der Waals surface area contributed by atoms with E-state index >= 15 is 0 Å². The van der Waals surface area contributed by atoms with Crippen LogP contribution in [-0.2, 0) is 4.74 Å². The van der Waals surface area contributed by atoms with Crippen molar-refractivity contribution in [2.24, 2.45) is 11.7 Å². The SMILES string of the molecule is CC(C)[C@H](N)c1nc(C2CCCO2)no1. The molecular weight excluding hydrogens is 194 g/mol. The van der Waals surface area contributed by atoms with Gasteiger partial charge >= 0.3 is 0 Å². The van der Waals surface area contributed by atoms with E-state index in [0.717, 1.165) is 19.4 Å². The van der Waals surface area contributed by atoms with Crippen molar-refractivity contribution in [3.05, 3.63) is 11.7 Å². The highest BCUT2D eigenvalue weighted by molar-refractivity contribution is 4.97. The molecule has 1 fully saturated rings. The van der Waals surface area contributed by atoms with Gasteiger partial charge in [0.15, 0.2) is 0 Å². The Morgan fingerprint density at radius 2 is 2.27 bits per heavy atom. The zero-order chi connectivity index (χ0) is 10.8. The third-order valence-corrected chi connectivity index (χ3v) is 2.68. The fraction of sp³-hybridized carbons (Fsp3) is 0.800. The molecule has 0 aliphatic carbocycles. The van der Waals surface area contributed by atoms with Crippen LogP contribution in [0.3, 0.4) is 0 Å². The lowest BCUT2D eigenvalue weighted by atomic mass is 10.1. The van der Waals surface area contributed by atoms with Crippen LogP contribution in [0.5, 0.6) is 0 Å². The van der Waals surface area contributed by atoms with E-state index in [-0.39, 0.29) is 12.1 Å². The number of nitrogens with two attached hydrogens (primary N) is 1. The minimum absolute atomic E-state index is 0.00172. The van der Waals surface area contributed by atoms with Crippen LogP contribution in [0.4, 0.5) is 0 Å². The lowest BCUT2D eigenvalue weighted by Gasteiger charge is -2.09. The van der Waals surface area contributed by atoms with Gasteiger partial charge in [0.2, 0.25) is 11.7 Å². The Bertz CT molecular complexity index is 302. The van der Waals surface area contributed by atoms with Gasteiger partial charge in [0.05, 0.1) is 6.04 Å². The van der Waals surface area contributed by atoms with E-state index in [4.69, 9.17) is 15.0 Å². The van der Waals surface area contributed by atoms with Gasteiger partial charge in [-0.25, -0.2) is 0 Å². The van der Waals surface area contributed by atoms with Gasteiger partial charge in [-0.3, -0.25) is 0 Å². The maximum Gasteiger partial charge on any atom is 0.243 e. The van der Waals surface area contributed by atoms with Crippen LogP contribution >= 0.6 is 0 Å². The molecule has 1 unspecified atom stereocenters. The lowest BCUT2D eigenvalue weighted by Crippen LogP contribution is -2.17. The topological polar surface area (TPSA) is 74.2 Å². The van der Waals surface area contributed by atoms with E-state index in [0.29, 0.717) is 17.6 Å². The summed E-state index contributed by atoms with van der Waals surface area (Å²) in [6.45, 7) is 4.84.